The molecule has 1 aliphatic heterocycles. The summed E-state index contributed by atoms with van der Waals surface area (Å²) in [4.78, 5) is 39.8. The first kappa shape index (κ1) is 26.4. The van der Waals surface area contributed by atoms with Gasteiger partial charge in [0.25, 0.3) is 0 Å². The van der Waals surface area contributed by atoms with Gasteiger partial charge in [0, 0.05) is 29.2 Å². The van der Waals surface area contributed by atoms with Gasteiger partial charge >= 0.3 is 18.0 Å². The molecule has 1 amide bonds. The number of imidazole rings is 1. The van der Waals surface area contributed by atoms with E-state index in [9.17, 15) is 22.8 Å². The fourth-order valence-electron chi connectivity index (χ4n) is 6.04. The normalized spacial score (nSPS) is 21.2. The van der Waals surface area contributed by atoms with Crippen molar-refractivity contribution in [3.05, 3.63) is 51.5 Å². The van der Waals surface area contributed by atoms with Crippen LogP contribution in [0.1, 0.15) is 58.6 Å². The Balaban J connectivity index is 1.39. The van der Waals surface area contributed by atoms with Crippen molar-refractivity contribution in [2.24, 2.45) is 6.98 Å². The van der Waals surface area contributed by atoms with E-state index >= 15 is 0 Å². The number of hydrogen-bond donors (Lipinski definition) is 2. The number of carbonyl (C=O) groups is 1. The molecule has 1 aliphatic carbocycles. The van der Waals surface area contributed by atoms with Gasteiger partial charge in [-0.2, -0.15) is 13.2 Å². The summed E-state index contributed by atoms with van der Waals surface area (Å²) in [6, 6.07) is 4.51. The van der Waals surface area contributed by atoms with Gasteiger partial charge < -0.3 is 20.3 Å². The number of rotatable bonds is 6. The molecule has 6 rings (SSSR count). The third-order valence-corrected chi connectivity index (χ3v) is 9.40. The lowest BCUT2D eigenvalue weighted by Crippen LogP contribution is -2.33. The molecule has 2 N–H and O–H groups in total. The highest BCUT2D eigenvalue weighted by molar-refractivity contribution is 7.15. The molecule has 2 atom stereocenters. The summed E-state index contributed by atoms with van der Waals surface area (Å²) in [7, 11) is 3.30. The molecule has 4 aromatic rings. The van der Waals surface area contributed by atoms with Crippen molar-refractivity contribution in [1.29, 1.82) is 0 Å². The van der Waals surface area contributed by atoms with Crippen molar-refractivity contribution < 1.29 is 26.8 Å². The van der Waals surface area contributed by atoms with E-state index in [2.05, 4.69) is 30.5 Å². The predicted octanol–water partition coefficient (Wildman–Crippen LogP) is 5.27. The largest absolute Gasteiger partial charge is 0.453 e. The zero-order valence-corrected chi connectivity index (χ0v) is 24.8. The number of likely N-dealkylation sites (tertiary alicyclic amines) is 1. The summed E-state index contributed by atoms with van der Waals surface area (Å²) >= 11 is 0.515. The first-order valence-corrected chi connectivity index (χ1v) is 15.0. The van der Waals surface area contributed by atoms with Crippen LogP contribution in [0, 0.1) is 0 Å². The fraction of sp³-hybridized carbons (Fsp3) is 0.483. The number of aromatic nitrogens is 5. The van der Waals surface area contributed by atoms with Crippen LogP contribution in [0.15, 0.2) is 35.4 Å². The summed E-state index contributed by atoms with van der Waals surface area (Å²) in [6.07, 6.45) is 0.160. The number of alkyl carbamates (subject to hydrolysis) is 1. The van der Waals surface area contributed by atoms with Gasteiger partial charge in [-0.3, -0.25) is 9.13 Å². The number of alkyl halides is 3. The third kappa shape index (κ3) is 6.02. The van der Waals surface area contributed by atoms with Crippen molar-refractivity contribution in [2.75, 3.05) is 32.6 Å². The number of ether oxygens (including phenoxy) is 1. The number of fused-ring (bicyclic) bond motifs is 1. The van der Waals surface area contributed by atoms with Crippen molar-refractivity contribution in [3.8, 4) is 10.7 Å². The van der Waals surface area contributed by atoms with Gasteiger partial charge in [0.15, 0.2) is 0 Å². The molecule has 1 saturated carbocycles. The first-order chi connectivity index (χ1) is 22.2. The second kappa shape index (κ2) is 11.8. The molecule has 4 aromatic heterocycles. The zero-order chi connectivity index (χ0) is 33.7. The Morgan fingerprint density at radius 2 is 1.89 bits per heavy atom. The monoisotopic (exact) mass is 633 g/mol. The van der Waals surface area contributed by atoms with Gasteiger partial charge in [-0.25, -0.2) is 24.5 Å². The molecule has 0 aromatic carbocycles. The van der Waals surface area contributed by atoms with Crippen LogP contribution in [0.2, 0.25) is 0 Å². The molecule has 234 valence electrons. The maximum absolute atomic E-state index is 13.6. The highest BCUT2D eigenvalue weighted by Gasteiger charge is 2.34. The zero-order valence-electron chi connectivity index (χ0n) is 27.0. The molecule has 0 bridgehead atoms. The minimum atomic E-state index is -4.53. The van der Waals surface area contributed by atoms with E-state index in [1.165, 1.54) is 17.9 Å². The summed E-state index contributed by atoms with van der Waals surface area (Å²) in [6.45, 7) is -1.04. The molecular weight excluding hydrogens is 597 g/mol. The SMILES string of the molecule is [2H]C([2H])([2H])n1c(=O)n([C@@H]2CC[C@@H](NC(=O)OC)C2)c2cc(Nc3cc(C4CCN(C)CC4)cc(-c4ncc(C(F)(F)F)s4)n3)ncc21. The van der Waals surface area contributed by atoms with E-state index in [-0.39, 0.29) is 34.0 Å². The predicted molar refractivity (Wildman–Crippen MR) is 160 cm³/mol. The average molecular weight is 634 g/mol. The van der Waals surface area contributed by atoms with Crippen LogP contribution in [0.3, 0.4) is 0 Å². The highest BCUT2D eigenvalue weighted by Crippen LogP contribution is 2.38. The van der Waals surface area contributed by atoms with Crippen LogP contribution >= 0.6 is 11.3 Å². The second-order valence-electron chi connectivity index (χ2n) is 11.2. The van der Waals surface area contributed by atoms with E-state index in [0.717, 1.165) is 42.3 Å². The highest BCUT2D eigenvalue weighted by atomic mass is 32.1. The molecule has 0 radical (unpaired) electrons. The number of amides is 1. The van der Waals surface area contributed by atoms with Crippen LogP contribution in [-0.2, 0) is 17.9 Å². The molecule has 2 aliphatic rings. The molecule has 5 heterocycles. The Labute approximate surface area is 259 Å². The fourth-order valence-corrected chi connectivity index (χ4v) is 6.79. The van der Waals surface area contributed by atoms with Gasteiger partial charge in [-0.15, -0.1) is 11.3 Å². The molecular formula is C29H33F3N8O3S. The van der Waals surface area contributed by atoms with Crippen LogP contribution in [0.25, 0.3) is 21.7 Å². The van der Waals surface area contributed by atoms with E-state index < -0.39 is 35.9 Å². The molecule has 44 heavy (non-hydrogen) atoms. The Morgan fingerprint density at radius 1 is 1.09 bits per heavy atom. The van der Waals surface area contributed by atoms with Crippen LogP contribution in [0.4, 0.5) is 29.6 Å². The van der Waals surface area contributed by atoms with Crippen molar-refractivity contribution in [3.63, 3.8) is 0 Å². The van der Waals surface area contributed by atoms with E-state index in [1.54, 1.807) is 12.1 Å². The lowest BCUT2D eigenvalue weighted by molar-refractivity contribution is -0.134. The Bertz CT molecular complexity index is 1850. The van der Waals surface area contributed by atoms with Crippen LogP contribution < -0.4 is 16.3 Å². The number of methoxy groups -OCH3 is 1. The summed E-state index contributed by atoms with van der Waals surface area (Å²) in [5.74, 6) is 0.725. The summed E-state index contributed by atoms with van der Waals surface area (Å²) in [5, 5.41) is 6.01. The van der Waals surface area contributed by atoms with Crippen LogP contribution in [-0.4, -0.2) is 68.4 Å². The molecule has 2 fully saturated rings. The van der Waals surface area contributed by atoms with Gasteiger partial charge in [0.05, 0.1) is 30.5 Å². The minimum absolute atomic E-state index is 0.112. The number of carbonyl (C=O) groups excluding carboxylic acids is 1. The minimum Gasteiger partial charge on any atom is -0.453 e. The van der Waals surface area contributed by atoms with Crippen molar-refractivity contribution in [1.82, 2.24) is 34.3 Å². The Morgan fingerprint density at radius 3 is 2.59 bits per heavy atom. The Hall–Kier alpha value is -3.98. The van der Waals surface area contributed by atoms with Crippen molar-refractivity contribution >= 4 is 40.1 Å². The lowest BCUT2D eigenvalue weighted by atomic mass is 9.89. The Kier molecular flexibility index (Phi) is 7.11. The van der Waals surface area contributed by atoms with Crippen molar-refractivity contribution in [2.45, 2.75) is 56.3 Å². The average Bonchev–Trinajstić information content (AvgIpc) is 3.74. The summed E-state index contributed by atoms with van der Waals surface area (Å²) in [5.41, 5.74) is 0.897. The molecule has 0 spiro atoms. The number of nitrogens with one attached hydrogen (secondary N) is 2. The number of hydrogen-bond acceptors (Lipinski definition) is 9. The van der Waals surface area contributed by atoms with Gasteiger partial charge in [-0.05, 0) is 75.9 Å². The van der Waals surface area contributed by atoms with E-state index in [0.29, 0.717) is 41.9 Å². The molecule has 0 unspecified atom stereocenters. The number of anilines is 2. The van der Waals surface area contributed by atoms with Gasteiger partial charge in [-0.1, -0.05) is 0 Å². The van der Waals surface area contributed by atoms with Gasteiger partial charge in [0.2, 0.25) is 0 Å². The number of nitrogens with zero attached hydrogens (tertiary/aromatic N) is 6. The second-order valence-corrected chi connectivity index (χ2v) is 12.3. The smallest absolute Gasteiger partial charge is 0.427 e. The van der Waals surface area contributed by atoms with E-state index in [1.807, 2.05) is 13.1 Å². The standard InChI is InChI=1S/C29H33F3N8O3S/c1-38-8-6-16(7-9-38)17-10-20(26-34-15-23(44-26)29(30,31)32)36-25(11-17)37-24-13-21-22(14-33-24)39(2)28(42)40(21)19-5-4-18(12-19)35-27(41)43-3/h10-11,13-16,18-19H,4-9,12H2,1-3H3,(H,35,41)(H,33,36,37)/t18-,19-/m1/s1/i2D3. The number of halogens is 3. The first-order valence-electron chi connectivity index (χ1n) is 15.7. The quantitative estimate of drug-likeness (QED) is 0.295. The number of thiazole rings is 1. The maximum Gasteiger partial charge on any atom is 0.427 e. The summed E-state index contributed by atoms with van der Waals surface area (Å²) < 4.78 is 71.1. The molecule has 15 heteroatoms. The van der Waals surface area contributed by atoms with E-state index in [4.69, 9.17) is 8.85 Å². The molecule has 11 nitrogen and oxygen atoms in total. The number of pyridine rings is 2. The maximum atomic E-state index is 13.6. The third-order valence-electron chi connectivity index (χ3n) is 8.34. The number of aryl methyl sites for hydroxylation is 1. The van der Waals surface area contributed by atoms with Gasteiger partial charge in [0.1, 0.15) is 27.2 Å². The van der Waals surface area contributed by atoms with Crippen LogP contribution in [0.5, 0.6) is 0 Å². The molecule has 1 saturated heterocycles. The topological polar surface area (TPSA) is 119 Å². The lowest BCUT2D eigenvalue weighted by Gasteiger charge is -2.29. The number of piperidine rings is 1.